The van der Waals surface area contributed by atoms with Gasteiger partial charge in [0, 0.05) is 31.9 Å². The van der Waals surface area contributed by atoms with Crippen LogP contribution in [0.4, 0.5) is 14.0 Å². The highest BCUT2D eigenvalue weighted by atomic mass is 19.1. The molecule has 1 saturated heterocycles. The van der Waals surface area contributed by atoms with Crippen molar-refractivity contribution in [2.45, 2.75) is 91.7 Å². The van der Waals surface area contributed by atoms with Crippen LogP contribution in [0.15, 0.2) is 72.8 Å². The van der Waals surface area contributed by atoms with Crippen LogP contribution in [0.1, 0.15) is 63.6 Å². The first kappa shape index (κ1) is 41.7. The summed E-state index contributed by atoms with van der Waals surface area (Å²) < 4.78 is 13.8. The summed E-state index contributed by atoms with van der Waals surface area (Å²) in [6.07, 6.45) is -1.80. The first-order chi connectivity index (χ1) is 25.5. The molecule has 54 heavy (non-hydrogen) atoms. The van der Waals surface area contributed by atoms with E-state index in [9.17, 15) is 33.8 Å². The van der Waals surface area contributed by atoms with E-state index in [0.717, 1.165) is 17.0 Å². The second kappa shape index (κ2) is 18.8. The van der Waals surface area contributed by atoms with Gasteiger partial charge in [-0.25, -0.2) is 19.0 Å². The van der Waals surface area contributed by atoms with Gasteiger partial charge in [0.2, 0.25) is 5.91 Å². The Morgan fingerprint density at radius 2 is 1.63 bits per heavy atom. The number of pyridine rings is 1. The minimum Gasteiger partial charge on any atom is -0.465 e. The number of halogens is 1. The van der Waals surface area contributed by atoms with Crippen LogP contribution in [0.2, 0.25) is 0 Å². The lowest BCUT2D eigenvalue weighted by Crippen LogP contribution is -2.60. The molecule has 0 unspecified atom stereocenters. The van der Waals surface area contributed by atoms with Crippen LogP contribution in [0.5, 0.6) is 0 Å². The number of rotatable bonds is 17. The number of hydrazine groups is 1. The highest BCUT2D eigenvalue weighted by Crippen LogP contribution is 2.24. The van der Waals surface area contributed by atoms with E-state index in [2.05, 4.69) is 21.0 Å². The van der Waals surface area contributed by atoms with Crippen molar-refractivity contribution in [2.75, 3.05) is 19.6 Å². The van der Waals surface area contributed by atoms with Crippen LogP contribution in [0.3, 0.4) is 0 Å². The maximum Gasteiger partial charge on any atom is 0.405 e. The summed E-state index contributed by atoms with van der Waals surface area (Å²) in [4.78, 5) is 61.2. The number of hydrogen-bond donors (Lipinski definition) is 5. The van der Waals surface area contributed by atoms with Crippen LogP contribution < -0.4 is 16.1 Å². The lowest BCUT2D eigenvalue weighted by molar-refractivity contribution is -0.132. The quantitative estimate of drug-likeness (QED) is 0.126. The van der Waals surface area contributed by atoms with Gasteiger partial charge in [0.1, 0.15) is 17.9 Å². The van der Waals surface area contributed by atoms with Gasteiger partial charge in [0.05, 0.1) is 24.4 Å². The number of amides is 5. The monoisotopic (exact) mass is 747 g/mol. The van der Waals surface area contributed by atoms with E-state index in [4.69, 9.17) is 0 Å². The van der Waals surface area contributed by atoms with E-state index < -0.39 is 53.4 Å². The third-order valence-corrected chi connectivity index (χ3v) is 9.66. The molecule has 2 heterocycles. The van der Waals surface area contributed by atoms with Crippen molar-refractivity contribution in [3.8, 4) is 0 Å². The molecule has 5 amide bonds. The van der Waals surface area contributed by atoms with Gasteiger partial charge in [-0.1, -0.05) is 89.6 Å². The minimum atomic E-state index is -1.37. The van der Waals surface area contributed by atoms with E-state index >= 15 is 0 Å². The molecule has 1 aliphatic heterocycles. The molecule has 0 aliphatic carbocycles. The fraction of sp³-hybridized carbons (Fsp3) is 0.475. The Kier molecular flexibility index (Phi) is 14.5. The number of urea groups is 1. The number of nitrogens with zero attached hydrogens (tertiary/aromatic N) is 4. The Hall–Kier alpha value is -5.08. The Balaban J connectivity index is 1.60. The summed E-state index contributed by atoms with van der Waals surface area (Å²) in [6.45, 7) is 11.8. The Labute approximate surface area is 316 Å². The van der Waals surface area contributed by atoms with E-state index in [1.54, 1.807) is 42.7 Å². The van der Waals surface area contributed by atoms with Gasteiger partial charge in [-0.15, -0.1) is 0 Å². The third-order valence-electron chi connectivity index (χ3n) is 9.66. The molecule has 0 spiro atoms. The van der Waals surface area contributed by atoms with E-state index in [0.29, 0.717) is 31.6 Å². The zero-order valence-corrected chi connectivity index (χ0v) is 32.0. The van der Waals surface area contributed by atoms with Crippen molar-refractivity contribution in [1.82, 2.24) is 35.9 Å². The van der Waals surface area contributed by atoms with E-state index in [1.165, 1.54) is 17.1 Å². The summed E-state index contributed by atoms with van der Waals surface area (Å²) in [5, 5.41) is 28.2. The molecular weight excluding hydrogens is 693 g/mol. The highest BCUT2D eigenvalue weighted by Gasteiger charge is 2.41. The SMILES string of the molecule is CC[C@H](C)[C@@H](C(=O)N[C@@H](Cc1ccccc1)[C@@H](O)CN(Cc1ccc(F)cc1)NC(=O)[C@@H](NC(=O)O)C(C)(C)C)N1CCN(Cc2cccc(C)n2)C1=O. The molecule has 0 saturated carbocycles. The summed E-state index contributed by atoms with van der Waals surface area (Å²) in [7, 11) is 0. The van der Waals surface area contributed by atoms with Crippen molar-refractivity contribution >= 4 is 23.9 Å². The molecule has 5 N–H and O–H groups in total. The van der Waals surface area contributed by atoms with Crippen LogP contribution in [0, 0.1) is 24.1 Å². The van der Waals surface area contributed by atoms with Gasteiger partial charge >= 0.3 is 12.1 Å². The molecular formula is C40H54FN7O6. The average molecular weight is 748 g/mol. The van der Waals surface area contributed by atoms with E-state index in [-0.39, 0.29) is 31.5 Å². The number of carboxylic acid groups (broad SMARTS) is 1. The number of carbonyl (C=O) groups is 4. The molecule has 292 valence electrons. The Morgan fingerprint density at radius 3 is 2.24 bits per heavy atom. The van der Waals surface area contributed by atoms with Gasteiger partial charge in [0.25, 0.3) is 5.91 Å². The van der Waals surface area contributed by atoms with Gasteiger partial charge < -0.3 is 30.6 Å². The average Bonchev–Trinajstić information content (AvgIpc) is 3.46. The number of aliphatic hydroxyl groups excluding tert-OH is 1. The van der Waals surface area contributed by atoms with Crippen LogP contribution >= 0.6 is 0 Å². The molecule has 0 radical (unpaired) electrons. The first-order valence-electron chi connectivity index (χ1n) is 18.4. The molecule has 3 aromatic rings. The van der Waals surface area contributed by atoms with Gasteiger partial charge in [0.15, 0.2) is 0 Å². The van der Waals surface area contributed by atoms with Gasteiger partial charge in [-0.05, 0) is 60.1 Å². The number of benzene rings is 2. The number of aliphatic hydroxyl groups is 1. The summed E-state index contributed by atoms with van der Waals surface area (Å²) in [6, 6.07) is 17.5. The number of aromatic nitrogens is 1. The third kappa shape index (κ3) is 11.7. The van der Waals surface area contributed by atoms with Crippen LogP contribution in [-0.4, -0.2) is 97.8 Å². The Morgan fingerprint density at radius 1 is 0.944 bits per heavy atom. The molecule has 4 rings (SSSR count). The van der Waals surface area contributed by atoms with Gasteiger partial charge in [-0.2, -0.15) is 0 Å². The number of aryl methyl sites for hydroxylation is 1. The van der Waals surface area contributed by atoms with Crippen LogP contribution in [0.25, 0.3) is 0 Å². The molecule has 14 heteroatoms. The van der Waals surface area contributed by atoms with Crippen molar-refractivity contribution < 1.29 is 33.8 Å². The highest BCUT2D eigenvalue weighted by molar-refractivity contribution is 5.88. The summed E-state index contributed by atoms with van der Waals surface area (Å²) in [5.74, 6) is -1.73. The molecule has 1 fully saturated rings. The second-order valence-corrected chi connectivity index (χ2v) is 15.1. The van der Waals surface area contributed by atoms with Crippen molar-refractivity contribution in [3.05, 3.63) is 101 Å². The van der Waals surface area contributed by atoms with E-state index in [1.807, 2.05) is 69.3 Å². The molecule has 2 aromatic carbocycles. The predicted octanol–water partition coefficient (Wildman–Crippen LogP) is 4.49. The second-order valence-electron chi connectivity index (χ2n) is 15.1. The van der Waals surface area contributed by atoms with Crippen molar-refractivity contribution in [1.29, 1.82) is 0 Å². The molecule has 1 aliphatic rings. The van der Waals surface area contributed by atoms with Crippen molar-refractivity contribution in [3.63, 3.8) is 0 Å². The smallest absolute Gasteiger partial charge is 0.405 e. The van der Waals surface area contributed by atoms with Gasteiger partial charge in [-0.3, -0.25) is 20.0 Å². The number of nitrogens with one attached hydrogen (secondary N) is 3. The molecule has 5 atom stereocenters. The molecule has 1 aromatic heterocycles. The summed E-state index contributed by atoms with van der Waals surface area (Å²) >= 11 is 0. The molecule has 0 bridgehead atoms. The van der Waals surface area contributed by atoms with Crippen molar-refractivity contribution in [2.24, 2.45) is 11.3 Å². The minimum absolute atomic E-state index is 0.0302. The Bertz CT molecular complexity index is 1720. The standard InChI is InChI=1S/C40H54FN7O6/c1-7-26(2)34(48-21-20-46(39(48)54)24-31-15-11-12-27(3)42-31)36(50)43-32(22-28-13-9-8-10-14-28)33(49)25-47(23-29-16-18-30(41)19-17-29)45-37(51)35(40(4,5)6)44-38(52)53/h8-19,26,32-35,44,49H,7,20-25H2,1-6H3,(H,43,50)(H,45,51)(H,52,53)/t26-,32-,33-,34-,35+/m0/s1. The predicted molar refractivity (Wildman–Crippen MR) is 202 cm³/mol. The normalized spacial score (nSPS) is 16.1. The fourth-order valence-electron chi connectivity index (χ4n) is 6.57. The maximum absolute atomic E-state index is 14.4. The zero-order chi connectivity index (χ0) is 39.6. The summed E-state index contributed by atoms with van der Waals surface area (Å²) in [5.41, 5.74) is 5.00. The number of hydrogen-bond acceptors (Lipinski definition) is 7. The maximum atomic E-state index is 14.4. The largest absolute Gasteiger partial charge is 0.465 e. The fourth-order valence-corrected chi connectivity index (χ4v) is 6.57. The lowest BCUT2D eigenvalue weighted by atomic mass is 9.86. The topological polar surface area (TPSA) is 167 Å². The lowest BCUT2D eigenvalue weighted by Gasteiger charge is -2.36. The zero-order valence-electron chi connectivity index (χ0n) is 32.0. The number of carbonyl (C=O) groups excluding carboxylic acids is 3. The first-order valence-corrected chi connectivity index (χ1v) is 18.4. The van der Waals surface area contributed by atoms with Crippen LogP contribution in [-0.2, 0) is 29.1 Å². The molecule has 13 nitrogen and oxygen atoms in total.